The molecule has 0 radical (unpaired) electrons. The maximum atomic E-state index is 13.6. The summed E-state index contributed by atoms with van der Waals surface area (Å²) in [6.45, 7) is 2.67. The first-order valence-corrected chi connectivity index (χ1v) is 10.2. The van der Waals surface area contributed by atoms with Crippen LogP contribution >= 0.6 is 0 Å². The average molecular weight is 417 g/mol. The largest absolute Gasteiger partial charge is 0.619 e. The molecule has 7 heteroatoms. The van der Waals surface area contributed by atoms with Crippen LogP contribution in [-0.2, 0) is 12.1 Å². The number of benzene rings is 2. The number of pyridine rings is 1. The number of carbonyl (C=O) groups is 2. The fraction of sp³-hybridized carbons (Fsp3) is 0.208. The van der Waals surface area contributed by atoms with E-state index in [4.69, 9.17) is 0 Å². The van der Waals surface area contributed by atoms with Crippen LogP contribution in [0.4, 0.5) is 4.39 Å². The fourth-order valence-corrected chi connectivity index (χ4v) is 4.73. The number of halogens is 1. The van der Waals surface area contributed by atoms with Gasteiger partial charge in [0.25, 0.3) is 11.8 Å². The molecule has 6 nitrogen and oxygen atoms in total. The van der Waals surface area contributed by atoms with Gasteiger partial charge in [-0.1, -0.05) is 31.2 Å². The molecule has 156 valence electrons. The summed E-state index contributed by atoms with van der Waals surface area (Å²) in [5, 5.41) is 12.2. The van der Waals surface area contributed by atoms with Gasteiger partial charge in [-0.25, -0.2) is 4.39 Å². The summed E-state index contributed by atoms with van der Waals surface area (Å²) in [5.74, 6) is -0.980. The molecule has 1 aromatic heterocycles. The Morgan fingerprint density at radius 1 is 1.10 bits per heavy atom. The van der Waals surface area contributed by atoms with E-state index in [1.165, 1.54) is 42.7 Å². The first-order chi connectivity index (χ1) is 15.0. The molecule has 5 rings (SSSR count). The number of rotatable bonds is 3. The van der Waals surface area contributed by atoms with E-state index in [1.54, 1.807) is 9.80 Å². The zero-order valence-corrected chi connectivity index (χ0v) is 16.9. The molecule has 1 saturated heterocycles. The lowest BCUT2D eigenvalue weighted by Gasteiger charge is -2.39. The van der Waals surface area contributed by atoms with Gasteiger partial charge in [0.1, 0.15) is 5.82 Å². The third-order valence-corrected chi connectivity index (χ3v) is 6.22. The van der Waals surface area contributed by atoms with Crippen LogP contribution in [0.3, 0.4) is 0 Å². The van der Waals surface area contributed by atoms with E-state index in [0.717, 1.165) is 17.5 Å². The Morgan fingerprint density at radius 2 is 1.81 bits per heavy atom. The van der Waals surface area contributed by atoms with E-state index in [9.17, 15) is 19.2 Å². The van der Waals surface area contributed by atoms with Crippen molar-refractivity contribution in [1.29, 1.82) is 0 Å². The minimum Gasteiger partial charge on any atom is -0.619 e. The van der Waals surface area contributed by atoms with Crippen molar-refractivity contribution < 1.29 is 18.7 Å². The molecular formula is C24H20FN3O3. The van der Waals surface area contributed by atoms with Gasteiger partial charge < -0.3 is 15.0 Å². The van der Waals surface area contributed by atoms with Crippen LogP contribution in [0.1, 0.15) is 44.3 Å². The summed E-state index contributed by atoms with van der Waals surface area (Å²) in [7, 11) is 0. The summed E-state index contributed by atoms with van der Waals surface area (Å²) < 4.78 is 14.1. The van der Waals surface area contributed by atoms with E-state index in [0.29, 0.717) is 34.5 Å². The predicted molar refractivity (Wildman–Crippen MR) is 110 cm³/mol. The van der Waals surface area contributed by atoms with Crippen molar-refractivity contribution in [2.24, 2.45) is 0 Å². The van der Waals surface area contributed by atoms with Gasteiger partial charge in [0.2, 0.25) is 0 Å². The normalized spacial score (nSPS) is 19.5. The lowest BCUT2D eigenvalue weighted by molar-refractivity contribution is -0.606. The highest BCUT2D eigenvalue weighted by Crippen LogP contribution is 2.49. The molecule has 0 saturated carbocycles. The molecule has 2 aliphatic heterocycles. The Labute approximate surface area is 178 Å². The van der Waals surface area contributed by atoms with Crippen LogP contribution in [0.2, 0.25) is 0 Å². The Bertz CT molecular complexity index is 1190. The average Bonchev–Trinajstić information content (AvgIpc) is 3.29. The molecule has 1 atom stereocenters. The highest BCUT2D eigenvalue weighted by molar-refractivity contribution is 6.03. The monoisotopic (exact) mass is 417 g/mol. The minimum atomic E-state index is -1.22. The molecule has 0 N–H and O–H groups in total. The minimum absolute atomic E-state index is 0.218. The molecule has 1 fully saturated rings. The first-order valence-electron chi connectivity index (χ1n) is 10.2. The third-order valence-electron chi connectivity index (χ3n) is 6.22. The van der Waals surface area contributed by atoms with Crippen molar-refractivity contribution >= 4 is 11.8 Å². The van der Waals surface area contributed by atoms with Crippen LogP contribution < -0.4 is 4.73 Å². The summed E-state index contributed by atoms with van der Waals surface area (Å²) in [6.07, 6.45) is 3.52. The highest BCUT2D eigenvalue weighted by atomic mass is 19.1. The first kappa shape index (κ1) is 19.2. The third kappa shape index (κ3) is 2.66. The number of aryl methyl sites for hydroxylation is 1. The Balaban J connectivity index is 1.74. The fourth-order valence-electron chi connectivity index (χ4n) is 4.73. The SMILES string of the molecule is CCc1ccc(C23c4c[n+]([O-])ccc4C(=O)N2CCN3C(=O)c2ccc(F)cc2)cc1. The number of carbonyl (C=O) groups excluding carboxylic acids is 2. The van der Waals surface area contributed by atoms with Crippen LogP contribution in [0.15, 0.2) is 67.0 Å². The van der Waals surface area contributed by atoms with Crippen LogP contribution in [0.5, 0.6) is 0 Å². The molecule has 3 aromatic rings. The van der Waals surface area contributed by atoms with Gasteiger partial charge in [-0.05, 0) is 36.2 Å². The van der Waals surface area contributed by atoms with Gasteiger partial charge >= 0.3 is 0 Å². The Hall–Kier alpha value is -3.74. The number of fused-ring (bicyclic) bond motifs is 3. The van der Waals surface area contributed by atoms with Gasteiger partial charge in [-0.3, -0.25) is 9.59 Å². The summed E-state index contributed by atoms with van der Waals surface area (Å²) >= 11 is 0. The molecule has 31 heavy (non-hydrogen) atoms. The molecular weight excluding hydrogens is 397 g/mol. The molecule has 0 aliphatic carbocycles. The van der Waals surface area contributed by atoms with Crippen molar-refractivity contribution in [3.05, 3.63) is 106 Å². The smallest absolute Gasteiger partial charge is 0.257 e. The summed E-state index contributed by atoms with van der Waals surface area (Å²) in [4.78, 5) is 30.1. The number of aromatic nitrogens is 1. The van der Waals surface area contributed by atoms with Crippen molar-refractivity contribution in [2.75, 3.05) is 13.1 Å². The molecule has 0 bridgehead atoms. The van der Waals surface area contributed by atoms with Gasteiger partial charge in [-0.2, -0.15) is 4.73 Å². The summed E-state index contributed by atoms with van der Waals surface area (Å²) in [6, 6.07) is 14.6. The number of hydrogen-bond donors (Lipinski definition) is 0. The maximum absolute atomic E-state index is 13.6. The Morgan fingerprint density at radius 3 is 2.48 bits per heavy atom. The zero-order valence-electron chi connectivity index (χ0n) is 16.9. The topological polar surface area (TPSA) is 67.6 Å². The zero-order chi connectivity index (χ0) is 21.8. The van der Waals surface area contributed by atoms with Crippen molar-refractivity contribution in [1.82, 2.24) is 9.80 Å². The van der Waals surface area contributed by atoms with Gasteiger partial charge in [0.05, 0.1) is 11.1 Å². The lowest BCUT2D eigenvalue weighted by Crippen LogP contribution is -2.52. The van der Waals surface area contributed by atoms with E-state index >= 15 is 0 Å². The molecule has 2 aliphatic rings. The maximum Gasteiger partial charge on any atom is 0.257 e. The van der Waals surface area contributed by atoms with Crippen molar-refractivity contribution in [3.8, 4) is 0 Å². The quantitative estimate of drug-likeness (QED) is 0.486. The second kappa shape index (κ2) is 6.91. The van der Waals surface area contributed by atoms with Crippen LogP contribution in [0, 0.1) is 11.0 Å². The molecule has 0 spiro atoms. The molecule has 2 amide bonds. The van der Waals surface area contributed by atoms with Crippen molar-refractivity contribution in [2.45, 2.75) is 19.0 Å². The van der Waals surface area contributed by atoms with E-state index in [1.807, 2.05) is 31.2 Å². The Kier molecular flexibility index (Phi) is 4.28. The molecule has 3 heterocycles. The van der Waals surface area contributed by atoms with Gasteiger partial charge in [0.15, 0.2) is 18.1 Å². The van der Waals surface area contributed by atoms with Gasteiger partial charge in [0, 0.05) is 30.3 Å². The van der Waals surface area contributed by atoms with Gasteiger partial charge in [-0.15, -0.1) is 0 Å². The molecule has 1 unspecified atom stereocenters. The summed E-state index contributed by atoms with van der Waals surface area (Å²) in [5.41, 5.74) is 1.83. The van der Waals surface area contributed by atoms with E-state index in [-0.39, 0.29) is 11.8 Å². The van der Waals surface area contributed by atoms with E-state index in [2.05, 4.69) is 0 Å². The lowest BCUT2D eigenvalue weighted by atomic mass is 9.89. The van der Waals surface area contributed by atoms with Crippen LogP contribution in [0.25, 0.3) is 0 Å². The number of amides is 2. The second-order valence-electron chi connectivity index (χ2n) is 7.78. The predicted octanol–water partition coefficient (Wildman–Crippen LogP) is 2.83. The standard InChI is InChI=1S/C24H20FN3O3/c1-2-16-3-7-18(8-4-16)24-21-15-26(31)12-11-20(21)23(30)28(24)14-13-27(24)22(29)17-5-9-19(25)10-6-17/h3-12,15H,2,13-14H2,1H3. The highest BCUT2D eigenvalue weighted by Gasteiger charge is 2.61. The molecule has 2 aromatic carbocycles. The van der Waals surface area contributed by atoms with Crippen molar-refractivity contribution in [3.63, 3.8) is 0 Å². The second-order valence-corrected chi connectivity index (χ2v) is 7.78. The van der Waals surface area contributed by atoms with E-state index < -0.39 is 11.5 Å². The van der Waals surface area contributed by atoms with Crippen LogP contribution in [-0.4, -0.2) is 34.7 Å². The number of hydrogen-bond acceptors (Lipinski definition) is 3. The number of nitrogens with zero attached hydrogens (tertiary/aromatic N) is 3.